The molecule has 0 amide bonds. The van der Waals surface area contributed by atoms with Crippen LogP contribution in [0.4, 0.5) is 0 Å². The van der Waals surface area contributed by atoms with E-state index in [1.165, 1.54) is 0 Å². The van der Waals surface area contributed by atoms with Gasteiger partial charge in [-0.15, -0.1) is 0 Å². The van der Waals surface area contributed by atoms with E-state index in [0.717, 1.165) is 22.3 Å². The Morgan fingerprint density at radius 3 is 1.47 bits per heavy atom. The minimum Gasteiger partial charge on any atom is -0.485 e. The number of nitrogens with zero attached hydrogens (tertiary/aromatic N) is 1. The number of carbonyl (C=O) groups is 1. The SMILES string of the molecule is O=C(O[C@@H]([C@H](O)[C@H](O)CO)[C@H](O)CO)C(Cc1ccc(OCc2ccccc2)c(OCc2ccccc2)c1)N(Cc1ccccc1)Cc1ccccc1. The standard InChI is InChI=1S/C43H47NO9/c45-27-37(47)41(49)42(38(48)28-46)53-43(50)36(44(25-31-13-5-1-6-14-31)26-32-15-7-2-8-16-32)23-35-21-22-39(51-29-33-17-9-3-10-18-33)40(24-35)52-30-34-19-11-4-12-20-34/h1-22,24,36-38,41-42,45-49H,23,25-30H2/t36?,37-,38-,41-,42-/m1/s1. The minimum atomic E-state index is -1.87. The molecule has 5 atom stereocenters. The molecule has 0 aliphatic rings. The molecule has 0 bridgehead atoms. The summed E-state index contributed by atoms with van der Waals surface area (Å²) in [5.74, 6) is 0.183. The van der Waals surface area contributed by atoms with Crippen LogP contribution in [-0.2, 0) is 42.3 Å². The summed E-state index contributed by atoms with van der Waals surface area (Å²) in [6.07, 6.45) is -6.95. The highest BCUT2D eigenvalue weighted by atomic mass is 16.6. The van der Waals surface area contributed by atoms with E-state index in [0.29, 0.717) is 36.8 Å². The highest BCUT2D eigenvalue weighted by Gasteiger charge is 2.38. The Balaban J connectivity index is 1.51. The molecule has 53 heavy (non-hydrogen) atoms. The van der Waals surface area contributed by atoms with Crippen molar-refractivity contribution in [2.75, 3.05) is 13.2 Å². The number of hydrogen-bond acceptors (Lipinski definition) is 10. The van der Waals surface area contributed by atoms with Gasteiger partial charge in [-0.25, -0.2) is 0 Å². The zero-order chi connectivity index (χ0) is 37.4. The highest BCUT2D eigenvalue weighted by molar-refractivity contribution is 5.76. The number of aliphatic hydroxyl groups excluding tert-OH is 5. The van der Waals surface area contributed by atoms with E-state index in [4.69, 9.17) is 14.2 Å². The normalized spacial score (nSPS) is 14.2. The van der Waals surface area contributed by atoms with Crippen LogP contribution in [0.15, 0.2) is 140 Å². The second-order valence-electron chi connectivity index (χ2n) is 12.8. The van der Waals surface area contributed by atoms with Crippen molar-refractivity contribution in [2.24, 2.45) is 0 Å². The van der Waals surface area contributed by atoms with Gasteiger partial charge in [-0.2, -0.15) is 0 Å². The third kappa shape index (κ3) is 11.7. The molecular weight excluding hydrogens is 674 g/mol. The number of hydrogen-bond donors (Lipinski definition) is 5. The lowest BCUT2D eigenvalue weighted by atomic mass is 10.0. The molecule has 0 aliphatic carbocycles. The largest absolute Gasteiger partial charge is 0.485 e. The second kappa shape index (κ2) is 20.2. The number of carbonyl (C=O) groups excluding carboxylic acids is 1. The Hall–Kier alpha value is -5.07. The second-order valence-corrected chi connectivity index (χ2v) is 12.8. The van der Waals surface area contributed by atoms with E-state index < -0.39 is 49.6 Å². The van der Waals surface area contributed by atoms with E-state index in [1.54, 1.807) is 6.07 Å². The first-order valence-corrected chi connectivity index (χ1v) is 17.6. The Morgan fingerprint density at radius 2 is 1.00 bits per heavy atom. The minimum absolute atomic E-state index is 0.111. The highest BCUT2D eigenvalue weighted by Crippen LogP contribution is 2.32. The molecule has 5 aromatic carbocycles. The van der Waals surface area contributed by atoms with E-state index in [2.05, 4.69) is 0 Å². The van der Waals surface area contributed by atoms with Gasteiger partial charge in [-0.05, 0) is 46.4 Å². The smallest absolute Gasteiger partial charge is 0.324 e. The summed E-state index contributed by atoms with van der Waals surface area (Å²) in [4.78, 5) is 16.3. The van der Waals surface area contributed by atoms with Crippen LogP contribution >= 0.6 is 0 Å². The summed E-state index contributed by atoms with van der Waals surface area (Å²) >= 11 is 0. The van der Waals surface area contributed by atoms with Gasteiger partial charge in [0.25, 0.3) is 0 Å². The predicted molar refractivity (Wildman–Crippen MR) is 200 cm³/mol. The molecule has 0 aromatic heterocycles. The van der Waals surface area contributed by atoms with Crippen molar-refractivity contribution in [1.29, 1.82) is 0 Å². The maximum atomic E-state index is 14.4. The summed E-state index contributed by atoms with van der Waals surface area (Å²) < 4.78 is 18.3. The maximum absolute atomic E-state index is 14.4. The average molecular weight is 722 g/mol. The van der Waals surface area contributed by atoms with Crippen LogP contribution in [0.2, 0.25) is 0 Å². The maximum Gasteiger partial charge on any atom is 0.324 e. The lowest BCUT2D eigenvalue weighted by Gasteiger charge is -2.34. The molecule has 5 aromatic rings. The molecule has 278 valence electrons. The molecule has 0 spiro atoms. The van der Waals surface area contributed by atoms with E-state index in [1.807, 2.05) is 138 Å². The van der Waals surface area contributed by atoms with Gasteiger partial charge < -0.3 is 39.7 Å². The quantitative estimate of drug-likeness (QED) is 0.0731. The molecule has 10 nitrogen and oxygen atoms in total. The topological polar surface area (TPSA) is 149 Å². The molecule has 10 heteroatoms. The van der Waals surface area contributed by atoms with Crippen LogP contribution in [0.25, 0.3) is 0 Å². The summed E-state index contributed by atoms with van der Waals surface area (Å²) in [7, 11) is 0. The molecule has 5 N–H and O–H groups in total. The molecule has 0 heterocycles. The van der Waals surface area contributed by atoms with Crippen molar-refractivity contribution in [1.82, 2.24) is 4.90 Å². The van der Waals surface area contributed by atoms with Crippen LogP contribution in [0.1, 0.15) is 27.8 Å². The van der Waals surface area contributed by atoms with E-state index in [9.17, 15) is 30.3 Å². The molecule has 0 radical (unpaired) electrons. The summed E-state index contributed by atoms with van der Waals surface area (Å²) in [5.41, 5.74) is 4.52. The van der Waals surface area contributed by atoms with Gasteiger partial charge in [0.05, 0.1) is 13.2 Å². The fourth-order valence-corrected chi connectivity index (χ4v) is 5.90. The molecule has 1 unspecified atom stereocenters. The molecule has 0 saturated carbocycles. The number of rotatable bonds is 20. The summed E-state index contributed by atoms with van der Waals surface area (Å²) in [6, 6.07) is 43.3. The molecule has 0 aliphatic heterocycles. The summed E-state index contributed by atoms with van der Waals surface area (Å²) in [6.45, 7) is -0.454. The molecule has 5 rings (SSSR count). The van der Waals surface area contributed by atoms with Crippen molar-refractivity contribution in [3.63, 3.8) is 0 Å². The third-order valence-electron chi connectivity index (χ3n) is 8.82. The lowest BCUT2D eigenvalue weighted by molar-refractivity contribution is -0.182. The number of ether oxygens (including phenoxy) is 3. The fraction of sp³-hybridized carbons (Fsp3) is 0.279. The first kappa shape index (κ1) is 39.1. The Bertz CT molecular complexity index is 1750. The monoisotopic (exact) mass is 721 g/mol. The van der Waals surface area contributed by atoms with Crippen LogP contribution in [0, 0.1) is 0 Å². The zero-order valence-corrected chi connectivity index (χ0v) is 29.4. The van der Waals surface area contributed by atoms with Gasteiger partial charge in [0.1, 0.15) is 37.6 Å². The zero-order valence-electron chi connectivity index (χ0n) is 29.4. The lowest BCUT2D eigenvalue weighted by Crippen LogP contribution is -2.52. The van der Waals surface area contributed by atoms with Crippen LogP contribution in [0.3, 0.4) is 0 Å². The van der Waals surface area contributed by atoms with Gasteiger partial charge >= 0.3 is 5.97 Å². The van der Waals surface area contributed by atoms with Gasteiger partial charge in [0.2, 0.25) is 0 Å². The predicted octanol–water partition coefficient (Wildman–Crippen LogP) is 4.44. The Labute approximate surface area is 310 Å². The van der Waals surface area contributed by atoms with Crippen LogP contribution < -0.4 is 9.47 Å². The first-order chi connectivity index (χ1) is 25.8. The number of benzene rings is 5. The molecule has 0 saturated heterocycles. The first-order valence-electron chi connectivity index (χ1n) is 17.6. The van der Waals surface area contributed by atoms with Crippen molar-refractivity contribution in [2.45, 2.75) is 63.2 Å². The van der Waals surface area contributed by atoms with Crippen molar-refractivity contribution < 1.29 is 44.5 Å². The van der Waals surface area contributed by atoms with E-state index >= 15 is 0 Å². The van der Waals surface area contributed by atoms with Gasteiger partial charge in [-0.1, -0.05) is 127 Å². The van der Waals surface area contributed by atoms with Crippen molar-refractivity contribution in [3.05, 3.63) is 167 Å². The van der Waals surface area contributed by atoms with E-state index in [-0.39, 0.29) is 13.0 Å². The van der Waals surface area contributed by atoms with Crippen LogP contribution in [-0.4, -0.2) is 80.1 Å². The Morgan fingerprint density at radius 1 is 0.547 bits per heavy atom. The average Bonchev–Trinajstić information content (AvgIpc) is 3.21. The Kier molecular flexibility index (Phi) is 15.0. The van der Waals surface area contributed by atoms with Crippen LogP contribution in [0.5, 0.6) is 11.5 Å². The number of esters is 1. The fourth-order valence-electron chi connectivity index (χ4n) is 5.90. The van der Waals surface area contributed by atoms with Crippen molar-refractivity contribution >= 4 is 5.97 Å². The van der Waals surface area contributed by atoms with Crippen molar-refractivity contribution in [3.8, 4) is 11.5 Å². The molecule has 0 fully saturated rings. The van der Waals surface area contributed by atoms with Gasteiger partial charge in [-0.3, -0.25) is 9.69 Å². The summed E-state index contributed by atoms with van der Waals surface area (Å²) in [5, 5.41) is 50.8. The van der Waals surface area contributed by atoms with Gasteiger partial charge in [0.15, 0.2) is 17.6 Å². The third-order valence-corrected chi connectivity index (χ3v) is 8.82. The van der Waals surface area contributed by atoms with Gasteiger partial charge in [0, 0.05) is 13.1 Å². The molecular formula is C43H47NO9. The number of aliphatic hydroxyl groups is 5.